The van der Waals surface area contributed by atoms with Crippen molar-refractivity contribution >= 4 is 35.2 Å². The first-order valence-corrected chi connectivity index (χ1v) is 11.3. The summed E-state index contributed by atoms with van der Waals surface area (Å²) in [5.41, 5.74) is 2.96. The number of aryl methyl sites for hydroxylation is 1. The molecule has 2 aliphatic rings. The molecule has 2 aliphatic heterocycles. The van der Waals surface area contributed by atoms with Gasteiger partial charge in [0, 0.05) is 38.3 Å². The molecule has 0 radical (unpaired) electrons. The lowest BCUT2D eigenvalue weighted by Crippen LogP contribution is -2.38. The Balaban J connectivity index is 1.55. The topological polar surface area (TPSA) is 87.7 Å². The molecule has 1 aromatic heterocycles. The van der Waals surface area contributed by atoms with Gasteiger partial charge in [-0.2, -0.15) is 5.10 Å². The van der Waals surface area contributed by atoms with Crippen molar-refractivity contribution in [3.05, 3.63) is 28.8 Å². The van der Waals surface area contributed by atoms with E-state index in [4.69, 9.17) is 21.7 Å². The summed E-state index contributed by atoms with van der Waals surface area (Å²) in [6.45, 7) is 8.37. The van der Waals surface area contributed by atoms with Crippen LogP contribution in [0.4, 0.5) is 17.1 Å². The third-order valence-electron chi connectivity index (χ3n) is 5.60. The largest absolute Gasteiger partial charge is 0.378 e. The number of hydrogen-bond acceptors (Lipinski definition) is 7. The van der Waals surface area contributed by atoms with E-state index >= 15 is 0 Å². The average Bonchev–Trinajstić information content (AvgIpc) is 3.14. The monoisotopic (exact) mass is 446 g/mol. The number of hydrogen-bond donors (Lipinski definition) is 2. The Morgan fingerprint density at radius 2 is 1.81 bits per heavy atom. The Morgan fingerprint density at radius 1 is 1.13 bits per heavy atom. The lowest BCUT2D eigenvalue weighted by atomic mass is 10.1. The number of carbonyl (C=O) groups is 1. The Bertz CT molecular complexity index is 947. The SMILES string of the molecule is CCCc1n[nH]c(=S)n1CC(=O)Nc1ccc(N2CCOCC2)cc1N1CCOCC1. The highest BCUT2D eigenvalue weighted by Crippen LogP contribution is 2.32. The standard InChI is InChI=1S/C21H30N6O3S/c1-2-3-19-23-24-21(31)27(19)15-20(28)22-17-5-4-16(25-6-10-29-11-7-25)14-18(17)26-8-12-30-13-9-26/h4-5,14H,2-3,6-13,15H2,1H3,(H,22,28)(H,24,31). The van der Waals surface area contributed by atoms with Gasteiger partial charge in [-0.05, 0) is 36.8 Å². The maximum absolute atomic E-state index is 12.9. The van der Waals surface area contributed by atoms with Gasteiger partial charge < -0.3 is 24.6 Å². The Labute approximate surface area is 187 Å². The molecule has 0 saturated carbocycles. The molecule has 31 heavy (non-hydrogen) atoms. The number of benzene rings is 1. The second kappa shape index (κ2) is 10.3. The average molecular weight is 447 g/mol. The van der Waals surface area contributed by atoms with Crippen LogP contribution in [-0.4, -0.2) is 73.3 Å². The van der Waals surface area contributed by atoms with Crippen LogP contribution in [-0.2, 0) is 27.2 Å². The molecule has 0 aliphatic carbocycles. The number of carbonyl (C=O) groups excluding carboxylic acids is 1. The summed E-state index contributed by atoms with van der Waals surface area (Å²) >= 11 is 5.31. The van der Waals surface area contributed by atoms with Gasteiger partial charge in [0.2, 0.25) is 5.91 Å². The van der Waals surface area contributed by atoms with Gasteiger partial charge in [0.1, 0.15) is 12.4 Å². The van der Waals surface area contributed by atoms with Crippen LogP contribution in [0.15, 0.2) is 18.2 Å². The molecule has 9 nitrogen and oxygen atoms in total. The number of aromatic nitrogens is 3. The van der Waals surface area contributed by atoms with Crippen molar-refractivity contribution in [3.8, 4) is 0 Å². The summed E-state index contributed by atoms with van der Waals surface area (Å²) in [6, 6.07) is 6.23. The molecule has 2 aromatic rings. The molecule has 0 spiro atoms. The van der Waals surface area contributed by atoms with E-state index in [1.54, 1.807) is 4.57 Å². The molecule has 1 amide bonds. The number of morpholine rings is 2. The van der Waals surface area contributed by atoms with E-state index in [2.05, 4.69) is 44.4 Å². The first kappa shape index (κ1) is 21.8. The fourth-order valence-corrected chi connectivity index (χ4v) is 4.19. The fraction of sp³-hybridized carbons (Fsp3) is 0.571. The Kier molecular flexibility index (Phi) is 7.21. The summed E-state index contributed by atoms with van der Waals surface area (Å²) in [5, 5.41) is 10.1. The molecule has 2 N–H and O–H groups in total. The fourth-order valence-electron chi connectivity index (χ4n) is 3.97. The van der Waals surface area contributed by atoms with Gasteiger partial charge in [0.05, 0.1) is 37.8 Å². The normalized spacial score (nSPS) is 17.1. The third kappa shape index (κ3) is 5.25. The number of H-pyrrole nitrogens is 1. The lowest BCUT2D eigenvalue weighted by molar-refractivity contribution is -0.116. The van der Waals surface area contributed by atoms with E-state index in [9.17, 15) is 4.79 Å². The molecule has 168 valence electrons. The molecular weight excluding hydrogens is 416 g/mol. The van der Waals surface area contributed by atoms with Crippen LogP contribution in [0.5, 0.6) is 0 Å². The molecule has 0 atom stereocenters. The molecule has 1 aromatic carbocycles. The zero-order valence-electron chi connectivity index (χ0n) is 17.9. The number of amides is 1. The van der Waals surface area contributed by atoms with Crippen LogP contribution in [0.3, 0.4) is 0 Å². The van der Waals surface area contributed by atoms with Crippen LogP contribution in [0.2, 0.25) is 0 Å². The highest BCUT2D eigenvalue weighted by atomic mass is 32.1. The van der Waals surface area contributed by atoms with Gasteiger partial charge >= 0.3 is 0 Å². The van der Waals surface area contributed by atoms with Gasteiger partial charge in [-0.25, -0.2) is 0 Å². The molecule has 2 fully saturated rings. The molecule has 0 bridgehead atoms. The Morgan fingerprint density at radius 3 is 2.48 bits per heavy atom. The molecule has 4 rings (SSSR count). The van der Waals surface area contributed by atoms with Crippen LogP contribution in [0, 0.1) is 4.77 Å². The predicted octanol–water partition coefficient (Wildman–Crippen LogP) is 2.21. The number of aromatic amines is 1. The van der Waals surface area contributed by atoms with Gasteiger partial charge in [-0.3, -0.25) is 14.5 Å². The van der Waals surface area contributed by atoms with Crippen molar-refractivity contribution in [3.63, 3.8) is 0 Å². The quantitative estimate of drug-likeness (QED) is 0.631. The Hall–Kier alpha value is -2.43. The van der Waals surface area contributed by atoms with Crippen molar-refractivity contribution in [2.24, 2.45) is 0 Å². The summed E-state index contributed by atoms with van der Waals surface area (Å²) in [7, 11) is 0. The minimum Gasteiger partial charge on any atom is -0.378 e. The summed E-state index contributed by atoms with van der Waals surface area (Å²) in [4.78, 5) is 17.5. The zero-order valence-corrected chi connectivity index (χ0v) is 18.7. The van der Waals surface area contributed by atoms with Crippen molar-refractivity contribution in [2.45, 2.75) is 26.3 Å². The lowest BCUT2D eigenvalue weighted by Gasteiger charge is -2.33. The number of rotatable bonds is 7. The predicted molar refractivity (Wildman–Crippen MR) is 123 cm³/mol. The minimum atomic E-state index is -0.122. The van der Waals surface area contributed by atoms with Gasteiger partial charge in [-0.15, -0.1) is 0 Å². The van der Waals surface area contributed by atoms with E-state index in [0.717, 1.165) is 75.1 Å². The number of nitrogens with one attached hydrogen (secondary N) is 2. The van der Waals surface area contributed by atoms with E-state index in [1.807, 2.05) is 6.07 Å². The zero-order chi connectivity index (χ0) is 21.6. The second-order valence-electron chi connectivity index (χ2n) is 7.73. The first-order valence-electron chi connectivity index (χ1n) is 10.9. The van der Waals surface area contributed by atoms with Gasteiger partial charge in [0.25, 0.3) is 0 Å². The highest BCUT2D eigenvalue weighted by Gasteiger charge is 2.20. The van der Waals surface area contributed by atoms with Gasteiger partial charge in [-0.1, -0.05) is 6.92 Å². The smallest absolute Gasteiger partial charge is 0.244 e. The van der Waals surface area contributed by atoms with Crippen molar-refractivity contribution < 1.29 is 14.3 Å². The van der Waals surface area contributed by atoms with Crippen molar-refractivity contribution in [2.75, 3.05) is 67.7 Å². The van der Waals surface area contributed by atoms with Crippen LogP contribution in [0.25, 0.3) is 0 Å². The van der Waals surface area contributed by atoms with Crippen molar-refractivity contribution in [1.29, 1.82) is 0 Å². The number of anilines is 3. The van der Waals surface area contributed by atoms with Crippen LogP contribution in [0.1, 0.15) is 19.2 Å². The van der Waals surface area contributed by atoms with E-state index in [0.29, 0.717) is 18.0 Å². The number of nitrogens with zero attached hydrogens (tertiary/aromatic N) is 4. The molecule has 3 heterocycles. The molecular formula is C21H30N6O3S. The number of ether oxygens (including phenoxy) is 2. The highest BCUT2D eigenvalue weighted by molar-refractivity contribution is 7.71. The molecule has 0 unspecified atom stereocenters. The summed E-state index contributed by atoms with van der Waals surface area (Å²) < 4.78 is 13.2. The minimum absolute atomic E-state index is 0.122. The van der Waals surface area contributed by atoms with Crippen LogP contribution >= 0.6 is 12.2 Å². The van der Waals surface area contributed by atoms with Crippen molar-refractivity contribution in [1.82, 2.24) is 14.8 Å². The van der Waals surface area contributed by atoms with Gasteiger partial charge in [0.15, 0.2) is 4.77 Å². The molecule has 10 heteroatoms. The van der Waals surface area contributed by atoms with Crippen LogP contribution < -0.4 is 15.1 Å². The summed E-state index contributed by atoms with van der Waals surface area (Å²) in [6.07, 6.45) is 1.71. The maximum Gasteiger partial charge on any atom is 0.244 e. The summed E-state index contributed by atoms with van der Waals surface area (Å²) in [5.74, 6) is 0.683. The van der Waals surface area contributed by atoms with E-state index < -0.39 is 0 Å². The first-order chi connectivity index (χ1) is 15.2. The maximum atomic E-state index is 12.9. The third-order valence-corrected chi connectivity index (χ3v) is 5.91. The van der Waals surface area contributed by atoms with E-state index in [1.165, 1.54) is 0 Å². The van der Waals surface area contributed by atoms with E-state index in [-0.39, 0.29) is 12.5 Å². The molecule has 2 saturated heterocycles. The second-order valence-corrected chi connectivity index (χ2v) is 8.12.